The van der Waals surface area contributed by atoms with Gasteiger partial charge in [0.25, 0.3) is 11.8 Å². The summed E-state index contributed by atoms with van der Waals surface area (Å²) in [4.78, 5) is 85.0. The van der Waals surface area contributed by atoms with Crippen molar-refractivity contribution in [3.8, 4) is 11.6 Å². The molecule has 276 valence electrons. The minimum atomic E-state index is -1.02. The number of carbonyl (C=O) groups is 6. The summed E-state index contributed by atoms with van der Waals surface area (Å²) in [6.45, 7) is 4.30. The number of carbonyl (C=O) groups excluding carboxylic acids is 6. The van der Waals surface area contributed by atoms with E-state index in [2.05, 4.69) is 21.0 Å². The van der Waals surface area contributed by atoms with E-state index in [0.29, 0.717) is 25.1 Å². The number of likely N-dealkylation sites (tertiary alicyclic amines) is 1. The van der Waals surface area contributed by atoms with E-state index in [-0.39, 0.29) is 93.6 Å². The van der Waals surface area contributed by atoms with Gasteiger partial charge in [0.2, 0.25) is 23.6 Å². The van der Waals surface area contributed by atoms with Crippen LogP contribution in [0.1, 0.15) is 62.9 Å². The van der Waals surface area contributed by atoms with Crippen molar-refractivity contribution in [2.75, 3.05) is 52.5 Å². The molecule has 3 aliphatic rings. The van der Waals surface area contributed by atoms with Gasteiger partial charge in [-0.05, 0) is 57.6 Å². The lowest BCUT2D eigenvalue weighted by Gasteiger charge is -2.35. The van der Waals surface area contributed by atoms with Crippen molar-refractivity contribution in [3.63, 3.8) is 0 Å². The predicted octanol–water partition coefficient (Wildman–Crippen LogP) is 0.768. The van der Waals surface area contributed by atoms with Crippen LogP contribution in [-0.2, 0) is 28.8 Å². The molecule has 2 aliphatic heterocycles. The number of para-hydroxylation sites is 1. The Morgan fingerprint density at radius 1 is 0.961 bits per heavy atom. The van der Waals surface area contributed by atoms with Crippen LogP contribution in [0, 0.1) is 0 Å². The number of nitrogens with zero attached hydrogens (tertiary/aromatic N) is 5. The fraction of sp³-hybridized carbons (Fsp3) is 0.559. The van der Waals surface area contributed by atoms with Crippen LogP contribution in [0.25, 0.3) is 5.69 Å². The third kappa shape index (κ3) is 9.96. The third-order valence-corrected chi connectivity index (χ3v) is 9.01. The van der Waals surface area contributed by atoms with Gasteiger partial charge < -0.3 is 40.1 Å². The highest BCUT2D eigenvalue weighted by molar-refractivity contribution is 5.96. The number of hydrogen-bond donors (Lipinski definition) is 3. The average molecular weight is 711 g/mol. The molecule has 51 heavy (non-hydrogen) atoms. The molecule has 1 aliphatic carbocycles. The highest BCUT2D eigenvalue weighted by atomic mass is 16.8. The summed E-state index contributed by atoms with van der Waals surface area (Å²) in [5.41, 5.74) is 0.504. The normalized spacial score (nSPS) is 18.3. The third-order valence-electron chi connectivity index (χ3n) is 9.01. The van der Waals surface area contributed by atoms with Gasteiger partial charge in [0.15, 0.2) is 12.3 Å². The number of ether oxygens (including phenoxy) is 2. The van der Waals surface area contributed by atoms with Crippen LogP contribution in [0.4, 0.5) is 4.79 Å². The van der Waals surface area contributed by atoms with E-state index in [1.54, 1.807) is 41.0 Å². The molecule has 2 saturated heterocycles. The molecule has 0 spiro atoms. The molecule has 2 aromatic rings. The predicted molar refractivity (Wildman–Crippen MR) is 180 cm³/mol. The number of rotatable bonds is 14. The van der Waals surface area contributed by atoms with Crippen LogP contribution in [0.2, 0.25) is 0 Å². The fourth-order valence-corrected chi connectivity index (χ4v) is 6.09. The Bertz CT molecular complexity index is 1560. The van der Waals surface area contributed by atoms with Crippen LogP contribution in [0.15, 0.2) is 36.4 Å². The standard InChI is InChI=1S/C34H46N8O9/c1-3-49-34(48)51-40-19-17-39(18-20-40)33(47)26(14-15-35-23(2)43)37-31(45)27-21-30(42(38-27)25-11-5-4-6-12-25)50-22-29(44)41-16-8-13-28(41)32(46)36-24-9-7-10-24/h4-6,11-12,21,24,26,28H,3,7-10,13-20,22H2,1-2H3,(H,35,43)(H,36,46)(H,37,45)/t26-,28-/m0/s1. The monoisotopic (exact) mass is 710 g/mol. The Labute approximate surface area is 295 Å². The molecule has 3 N–H and O–H groups in total. The Morgan fingerprint density at radius 3 is 2.37 bits per heavy atom. The van der Waals surface area contributed by atoms with Crippen LogP contribution >= 0.6 is 0 Å². The second-order valence-corrected chi connectivity index (χ2v) is 12.6. The highest BCUT2D eigenvalue weighted by Gasteiger charge is 2.36. The molecule has 1 saturated carbocycles. The summed E-state index contributed by atoms with van der Waals surface area (Å²) in [5.74, 6) is -1.71. The summed E-state index contributed by atoms with van der Waals surface area (Å²) in [5, 5.41) is 14.3. The van der Waals surface area contributed by atoms with Crippen molar-refractivity contribution >= 4 is 35.7 Å². The first kappa shape index (κ1) is 37.1. The quantitative estimate of drug-likeness (QED) is 0.235. The number of amides is 5. The second-order valence-electron chi connectivity index (χ2n) is 12.6. The van der Waals surface area contributed by atoms with E-state index in [4.69, 9.17) is 14.3 Å². The fourth-order valence-electron chi connectivity index (χ4n) is 6.09. The van der Waals surface area contributed by atoms with Crippen molar-refractivity contribution in [2.24, 2.45) is 0 Å². The van der Waals surface area contributed by atoms with E-state index >= 15 is 0 Å². The molecule has 5 amide bonds. The van der Waals surface area contributed by atoms with Crippen LogP contribution < -0.4 is 20.7 Å². The van der Waals surface area contributed by atoms with Crippen molar-refractivity contribution in [1.82, 2.24) is 40.6 Å². The minimum absolute atomic E-state index is 0.0646. The SMILES string of the molecule is CCOC(=O)ON1CCN(C(=O)[C@H](CCNC(C)=O)NC(=O)c2cc(OCC(=O)N3CCC[C@H]3C(=O)NC3CCC3)n(-c3ccccc3)n2)CC1. The van der Waals surface area contributed by atoms with Gasteiger partial charge in [0, 0.05) is 45.2 Å². The van der Waals surface area contributed by atoms with E-state index in [1.807, 2.05) is 6.07 Å². The lowest BCUT2D eigenvalue weighted by atomic mass is 9.93. The first-order valence-corrected chi connectivity index (χ1v) is 17.4. The lowest BCUT2D eigenvalue weighted by Crippen LogP contribution is -2.55. The molecule has 1 aromatic carbocycles. The van der Waals surface area contributed by atoms with Crippen molar-refractivity contribution < 1.29 is 43.1 Å². The van der Waals surface area contributed by atoms with E-state index in [0.717, 1.165) is 19.3 Å². The molecule has 2 atom stereocenters. The van der Waals surface area contributed by atoms with E-state index in [1.165, 1.54) is 22.7 Å². The maximum atomic E-state index is 13.7. The smallest absolute Gasteiger partial charge is 0.467 e. The first-order chi connectivity index (χ1) is 24.6. The molecule has 17 heteroatoms. The van der Waals surface area contributed by atoms with Gasteiger partial charge in [-0.1, -0.05) is 18.2 Å². The Hall–Kier alpha value is -5.19. The van der Waals surface area contributed by atoms with Gasteiger partial charge in [-0.2, -0.15) is 5.10 Å². The molecule has 3 fully saturated rings. The summed E-state index contributed by atoms with van der Waals surface area (Å²) < 4.78 is 12.2. The average Bonchev–Trinajstić information content (AvgIpc) is 3.77. The molecule has 17 nitrogen and oxygen atoms in total. The van der Waals surface area contributed by atoms with Crippen molar-refractivity contribution in [1.29, 1.82) is 0 Å². The summed E-state index contributed by atoms with van der Waals surface area (Å²) in [7, 11) is 0. The van der Waals surface area contributed by atoms with Gasteiger partial charge in [0.1, 0.15) is 12.1 Å². The number of hydrogen-bond acceptors (Lipinski definition) is 11. The van der Waals surface area contributed by atoms with Crippen molar-refractivity contribution in [3.05, 3.63) is 42.1 Å². The Balaban J connectivity index is 1.26. The number of nitrogens with one attached hydrogen (secondary N) is 3. The second kappa shape index (κ2) is 17.6. The zero-order chi connectivity index (χ0) is 36.3. The first-order valence-electron chi connectivity index (χ1n) is 17.4. The molecule has 0 bridgehead atoms. The van der Waals surface area contributed by atoms with Crippen LogP contribution in [-0.4, -0.2) is 131 Å². The number of benzene rings is 1. The van der Waals surface area contributed by atoms with Gasteiger partial charge in [-0.15, -0.1) is 5.06 Å². The minimum Gasteiger partial charge on any atom is -0.467 e. The van der Waals surface area contributed by atoms with Gasteiger partial charge in [-0.25, -0.2) is 9.48 Å². The summed E-state index contributed by atoms with van der Waals surface area (Å²) >= 11 is 0. The molecule has 3 heterocycles. The number of piperazine rings is 1. The molecule has 0 radical (unpaired) electrons. The molecule has 5 rings (SSSR count). The van der Waals surface area contributed by atoms with Crippen LogP contribution in [0.3, 0.4) is 0 Å². The van der Waals surface area contributed by atoms with Gasteiger partial charge >= 0.3 is 6.16 Å². The summed E-state index contributed by atoms with van der Waals surface area (Å²) in [6.07, 6.45) is 3.55. The zero-order valence-electron chi connectivity index (χ0n) is 29.0. The number of aromatic nitrogens is 2. The highest BCUT2D eigenvalue weighted by Crippen LogP contribution is 2.24. The number of hydroxylamine groups is 2. The molecule has 0 unspecified atom stereocenters. The Kier molecular flexibility index (Phi) is 12.8. The van der Waals surface area contributed by atoms with Gasteiger partial charge in [-0.3, -0.25) is 24.0 Å². The zero-order valence-corrected chi connectivity index (χ0v) is 29.0. The summed E-state index contributed by atoms with van der Waals surface area (Å²) in [6, 6.07) is 8.90. The van der Waals surface area contributed by atoms with E-state index < -0.39 is 24.1 Å². The lowest BCUT2D eigenvalue weighted by molar-refractivity contribution is -0.157. The maximum Gasteiger partial charge on any atom is 0.527 e. The Morgan fingerprint density at radius 2 is 1.71 bits per heavy atom. The van der Waals surface area contributed by atoms with Crippen LogP contribution in [0.5, 0.6) is 5.88 Å². The van der Waals surface area contributed by atoms with Gasteiger partial charge in [0.05, 0.1) is 25.4 Å². The van der Waals surface area contributed by atoms with E-state index in [9.17, 15) is 28.8 Å². The molecule has 1 aromatic heterocycles. The maximum absolute atomic E-state index is 13.7. The van der Waals surface area contributed by atoms with Crippen molar-refractivity contribution in [2.45, 2.75) is 70.5 Å². The molecular weight excluding hydrogens is 664 g/mol. The molecular formula is C34H46N8O9. The largest absolute Gasteiger partial charge is 0.527 e. The topological polar surface area (TPSA) is 194 Å².